The molecule has 0 radical (unpaired) electrons. The molecule has 5 heteroatoms. The Morgan fingerprint density at radius 2 is 1.85 bits per heavy atom. The highest BCUT2D eigenvalue weighted by molar-refractivity contribution is 5.95. The zero-order valence-electron chi connectivity index (χ0n) is 15.5. The minimum atomic E-state index is -0.504. The van der Waals surface area contributed by atoms with E-state index in [-0.39, 0.29) is 22.9 Å². The monoisotopic (exact) mass is 356 g/mol. The van der Waals surface area contributed by atoms with Crippen LogP contribution in [0.4, 0.5) is 4.39 Å². The Labute approximate surface area is 153 Å². The Balaban J connectivity index is 1.82. The van der Waals surface area contributed by atoms with Crippen molar-refractivity contribution in [1.82, 2.24) is 4.90 Å². The second kappa shape index (κ2) is 7.08. The van der Waals surface area contributed by atoms with Gasteiger partial charge in [-0.15, -0.1) is 0 Å². The number of benzene rings is 2. The molecule has 0 saturated carbocycles. The quantitative estimate of drug-likeness (QED) is 0.912. The number of hydrogen-bond donors (Lipinski definition) is 1. The molecule has 2 aromatic rings. The highest BCUT2D eigenvalue weighted by Gasteiger charge is 2.36. The highest BCUT2D eigenvalue weighted by atomic mass is 19.1. The van der Waals surface area contributed by atoms with Crippen molar-refractivity contribution in [3.63, 3.8) is 0 Å². The van der Waals surface area contributed by atoms with E-state index < -0.39 is 5.82 Å². The van der Waals surface area contributed by atoms with E-state index >= 15 is 0 Å². The molecule has 26 heavy (non-hydrogen) atoms. The maximum Gasteiger partial charge on any atom is 0.256 e. The van der Waals surface area contributed by atoms with E-state index in [1.807, 2.05) is 38.1 Å². The van der Waals surface area contributed by atoms with Gasteiger partial charge in [0.25, 0.3) is 5.91 Å². The molecule has 2 aromatic carbocycles. The lowest BCUT2D eigenvalue weighted by Crippen LogP contribution is -2.54. The summed E-state index contributed by atoms with van der Waals surface area (Å²) < 4.78 is 19.8. The van der Waals surface area contributed by atoms with Crippen LogP contribution in [-0.4, -0.2) is 37.0 Å². The number of nitrogens with zero attached hydrogens (tertiary/aromatic N) is 1. The predicted molar refractivity (Wildman–Crippen MR) is 101 cm³/mol. The maximum absolute atomic E-state index is 14.7. The van der Waals surface area contributed by atoms with E-state index in [0.29, 0.717) is 13.1 Å². The van der Waals surface area contributed by atoms with Gasteiger partial charge in [0.15, 0.2) is 0 Å². The second-order valence-corrected chi connectivity index (χ2v) is 7.53. The van der Waals surface area contributed by atoms with E-state index in [1.165, 1.54) is 6.07 Å². The molecule has 1 aliphatic heterocycles. The summed E-state index contributed by atoms with van der Waals surface area (Å²) in [5.41, 5.74) is 7.65. The fourth-order valence-electron chi connectivity index (χ4n) is 3.37. The lowest BCUT2D eigenvalue weighted by atomic mass is 9.79. The van der Waals surface area contributed by atoms with Crippen LogP contribution in [0, 0.1) is 11.2 Å². The molecule has 0 aliphatic carbocycles. The lowest BCUT2D eigenvalue weighted by Gasteiger charge is -2.42. The number of methoxy groups -OCH3 is 1. The minimum absolute atomic E-state index is 0.0499. The molecule has 3 rings (SSSR count). The van der Waals surface area contributed by atoms with Crippen molar-refractivity contribution in [3.8, 4) is 16.9 Å². The molecule has 1 unspecified atom stereocenters. The molecule has 1 saturated heterocycles. The number of carbonyl (C=O) groups is 1. The standard InChI is InChI=1S/C21H25FN2O2/c1-21(2)13-24(11-10-19(21)23)20(25)17-9-6-15(12-18(17)22)14-4-7-16(26-3)8-5-14/h4-9,12,19H,10-11,13,23H2,1-3H3. The maximum atomic E-state index is 14.7. The SMILES string of the molecule is COc1ccc(-c2ccc(C(=O)N3CCC(N)C(C)(C)C3)c(F)c2)cc1. The summed E-state index contributed by atoms with van der Waals surface area (Å²) in [6.45, 7) is 5.18. The number of ether oxygens (including phenoxy) is 1. The molecule has 4 nitrogen and oxygen atoms in total. The smallest absolute Gasteiger partial charge is 0.256 e. The zero-order chi connectivity index (χ0) is 18.9. The average molecular weight is 356 g/mol. The van der Waals surface area contributed by atoms with Crippen molar-refractivity contribution < 1.29 is 13.9 Å². The first kappa shape index (κ1) is 18.4. The highest BCUT2D eigenvalue weighted by Crippen LogP contribution is 2.30. The first-order valence-corrected chi connectivity index (χ1v) is 8.80. The summed E-state index contributed by atoms with van der Waals surface area (Å²) in [7, 11) is 1.60. The van der Waals surface area contributed by atoms with E-state index in [1.54, 1.807) is 24.1 Å². The number of likely N-dealkylation sites (tertiary alicyclic amines) is 1. The third kappa shape index (κ3) is 3.58. The molecule has 0 bridgehead atoms. The normalized spacial score (nSPS) is 19.3. The molecule has 1 fully saturated rings. The van der Waals surface area contributed by atoms with Crippen molar-refractivity contribution in [1.29, 1.82) is 0 Å². The molecule has 0 aromatic heterocycles. The number of halogens is 1. The van der Waals surface area contributed by atoms with Gasteiger partial charge >= 0.3 is 0 Å². The molecule has 2 N–H and O–H groups in total. The fraction of sp³-hybridized carbons (Fsp3) is 0.381. The van der Waals surface area contributed by atoms with Gasteiger partial charge in [0, 0.05) is 19.1 Å². The molecule has 1 atom stereocenters. The van der Waals surface area contributed by atoms with Crippen LogP contribution >= 0.6 is 0 Å². The number of carbonyl (C=O) groups excluding carboxylic acids is 1. The Bertz CT molecular complexity index is 802. The van der Waals surface area contributed by atoms with E-state index in [2.05, 4.69) is 0 Å². The van der Waals surface area contributed by atoms with Gasteiger partial charge in [-0.3, -0.25) is 4.79 Å². The zero-order valence-corrected chi connectivity index (χ0v) is 15.5. The number of nitrogens with two attached hydrogens (primary N) is 1. The Kier molecular flexibility index (Phi) is 5.01. The third-order valence-corrected chi connectivity index (χ3v) is 5.22. The number of hydrogen-bond acceptors (Lipinski definition) is 3. The number of piperidine rings is 1. The third-order valence-electron chi connectivity index (χ3n) is 5.22. The van der Waals surface area contributed by atoms with Gasteiger partial charge in [-0.25, -0.2) is 4.39 Å². The van der Waals surface area contributed by atoms with E-state index in [9.17, 15) is 9.18 Å². The van der Waals surface area contributed by atoms with Gasteiger partial charge in [-0.05, 0) is 47.2 Å². The van der Waals surface area contributed by atoms with Crippen LogP contribution < -0.4 is 10.5 Å². The van der Waals surface area contributed by atoms with Crippen molar-refractivity contribution in [2.45, 2.75) is 26.3 Å². The van der Waals surface area contributed by atoms with E-state index in [0.717, 1.165) is 23.3 Å². The molecule has 1 aliphatic rings. The topological polar surface area (TPSA) is 55.6 Å². The van der Waals surface area contributed by atoms with Gasteiger partial charge in [-0.2, -0.15) is 0 Å². The van der Waals surface area contributed by atoms with Gasteiger partial charge in [0.2, 0.25) is 0 Å². The Morgan fingerprint density at radius 3 is 2.42 bits per heavy atom. The molecule has 1 heterocycles. The number of amides is 1. The molecule has 0 spiro atoms. The number of rotatable bonds is 3. The molecule has 1 amide bonds. The first-order chi connectivity index (χ1) is 12.3. The van der Waals surface area contributed by atoms with Crippen molar-refractivity contribution in [2.75, 3.05) is 20.2 Å². The Morgan fingerprint density at radius 1 is 1.19 bits per heavy atom. The fourth-order valence-corrected chi connectivity index (χ4v) is 3.37. The van der Waals surface area contributed by atoms with Crippen LogP contribution in [0.1, 0.15) is 30.6 Å². The van der Waals surface area contributed by atoms with Crippen LogP contribution in [0.25, 0.3) is 11.1 Å². The van der Waals surface area contributed by atoms with Crippen LogP contribution in [-0.2, 0) is 0 Å². The largest absolute Gasteiger partial charge is 0.497 e. The van der Waals surface area contributed by atoms with Crippen LogP contribution in [0.3, 0.4) is 0 Å². The summed E-state index contributed by atoms with van der Waals surface area (Å²) in [5.74, 6) is -0.0355. The molecule has 138 valence electrons. The van der Waals surface area contributed by atoms with Gasteiger partial charge < -0.3 is 15.4 Å². The second-order valence-electron chi connectivity index (χ2n) is 7.53. The summed E-state index contributed by atoms with van der Waals surface area (Å²) in [6, 6.07) is 12.2. The van der Waals surface area contributed by atoms with Gasteiger partial charge in [-0.1, -0.05) is 32.0 Å². The first-order valence-electron chi connectivity index (χ1n) is 8.80. The van der Waals surface area contributed by atoms with Crippen LogP contribution in [0.5, 0.6) is 5.75 Å². The average Bonchev–Trinajstić information content (AvgIpc) is 2.63. The summed E-state index contributed by atoms with van der Waals surface area (Å²) in [4.78, 5) is 14.5. The predicted octanol–water partition coefficient (Wildman–Crippen LogP) is 3.70. The van der Waals surface area contributed by atoms with Crippen molar-refractivity contribution in [2.24, 2.45) is 11.1 Å². The summed E-state index contributed by atoms with van der Waals surface area (Å²) in [5, 5.41) is 0. The van der Waals surface area contributed by atoms with Crippen molar-refractivity contribution >= 4 is 5.91 Å². The van der Waals surface area contributed by atoms with E-state index in [4.69, 9.17) is 10.5 Å². The van der Waals surface area contributed by atoms with Gasteiger partial charge in [0.05, 0.1) is 12.7 Å². The molecular weight excluding hydrogens is 331 g/mol. The summed E-state index contributed by atoms with van der Waals surface area (Å²) in [6.07, 6.45) is 0.726. The summed E-state index contributed by atoms with van der Waals surface area (Å²) >= 11 is 0. The van der Waals surface area contributed by atoms with Gasteiger partial charge in [0.1, 0.15) is 11.6 Å². The lowest BCUT2D eigenvalue weighted by molar-refractivity contribution is 0.0528. The van der Waals surface area contributed by atoms with Crippen molar-refractivity contribution in [3.05, 3.63) is 53.8 Å². The Hall–Kier alpha value is -2.40. The van der Waals surface area contributed by atoms with Crippen LogP contribution in [0.2, 0.25) is 0 Å². The molecular formula is C21H25FN2O2. The van der Waals surface area contributed by atoms with Crippen LogP contribution in [0.15, 0.2) is 42.5 Å². The minimum Gasteiger partial charge on any atom is -0.497 e.